The van der Waals surface area contributed by atoms with Crippen LogP contribution >= 0.6 is 0 Å². The smallest absolute Gasteiger partial charge is 0.240 e. The number of benzene rings is 2. The molecule has 0 spiro atoms. The van der Waals surface area contributed by atoms with Gasteiger partial charge in [0.05, 0.1) is 4.90 Å². The van der Waals surface area contributed by atoms with Gasteiger partial charge in [0.15, 0.2) is 0 Å². The van der Waals surface area contributed by atoms with Gasteiger partial charge in [-0.3, -0.25) is 4.79 Å². The van der Waals surface area contributed by atoms with Gasteiger partial charge in [0.1, 0.15) is 18.3 Å². The summed E-state index contributed by atoms with van der Waals surface area (Å²) in [5.41, 5.74) is 1.72. The van der Waals surface area contributed by atoms with Crippen molar-refractivity contribution >= 4 is 15.9 Å². The van der Waals surface area contributed by atoms with Crippen molar-refractivity contribution in [2.24, 2.45) is 0 Å². The number of carbonyl (C=O) groups is 1. The van der Waals surface area contributed by atoms with Gasteiger partial charge in [-0.15, -0.1) is 0 Å². The zero-order valence-electron chi connectivity index (χ0n) is 13.2. The largest absolute Gasteiger partial charge is 0.492 e. The topological polar surface area (TPSA) is 84.5 Å². The summed E-state index contributed by atoms with van der Waals surface area (Å²) in [6.07, 6.45) is 0. The Balaban J connectivity index is 1.63. The molecule has 2 aromatic rings. The van der Waals surface area contributed by atoms with Crippen molar-refractivity contribution in [3.05, 3.63) is 59.7 Å². The van der Waals surface area contributed by atoms with Gasteiger partial charge in [0.25, 0.3) is 0 Å². The minimum Gasteiger partial charge on any atom is -0.492 e. The molecule has 0 radical (unpaired) electrons. The number of para-hydroxylation sites is 1. The van der Waals surface area contributed by atoms with Gasteiger partial charge < -0.3 is 10.1 Å². The summed E-state index contributed by atoms with van der Waals surface area (Å²) in [7, 11) is -2.08. The van der Waals surface area contributed by atoms with Crippen LogP contribution in [0.2, 0.25) is 0 Å². The first kappa shape index (κ1) is 16.5. The molecule has 7 heteroatoms. The summed E-state index contributed by atoms with van der Waals surface area (Å²) in [5.74, 6) is 0.330. The highest BCUT2D eigenvalue weighted by Gasteiger charge is 2.29. The highest BCUT2D eigenvalue weighted by Crippen LogP contribution is 2.33. The molecule has 2 aromatic carbocycles. The quantitative estimate of drug-likeness (QED) is 0.857. The fourth-order valence-corrected chi connectivity index (χ4v) is 3.33. The molecule has 126 valence electrons. The highest BCUT2D eigenvalue weighted by molar-refractivity contribution is 7.89. The normalized spacial score (nSPS) is 16.3. The van der Waals surface area contributed by atoms with Crippen molar-refractivity contribution in [3.8, 4) is 5.75 Å². The second-order valence-corrected chi connectivity index (χ2v) is 7.36. The molecule has 0 bridgehead atoms. The van der Waals surface area contributed by atoms with Gasteiger partial charge in [-0.1, -0.05) is 30.3 Å². The van der Waals surface area contributed by atoms with Gasteiger partial charge in [-0.25, -0.2) is 13.1 Å². The molecule has 1 heterocycles. The molecule has 24 heavy (non-hydrogen) atoms. The van der Waals surface area contributed by atoms with Crippen molar-refractivity contribution in [2.45, 2.75) is 17.4 Å². The molecule has 6 nitrogen and oxygen atoms in total. The van der Waals surface area contributed by atoms with E-state index in [-0.39, 0.29) is 16.7 Å². The number of nitrogens with one attached hydrogen (secondary N) is 2. The van der Waals surface area contributed by atoms with E-state index < -0.39 is 10.0 Å². The van der Waals surface area contributed by atoms with Crippen LogP contribution in [0.1, 0.15) is 17.0 Å². The lowest BCUT2D eigenvalue weighted by molar-refractivity contribution is -0.122. The third kappa shape index (κ3) is 3.27. The van der Waals surface area contributed by atoms with Crippen LogP contribution in [0, 0.1) is 0 Å². The van der Waals surface area contributed by atoms with Crippen molar-refractivity contribution in [3.63, 3.8) is 0 Å². The first-order chi connectivity index (χ1) is 11.5. The van der Waals surface area contributed by atoms with Crippen LogP contribution in [-0.2, 0) is 21.4 Å². The Morgan fingerprint density at radius 3 is 2.58 bits per heavy atom. The molecular formula is C17H18N2O4S. The summed E-state index contributed by atoms with van der Waals surface area (Å²) in [5, 5.41) is 2.87. The Bertz CT molecular complexity index is 847. The molecule has 1 aliphatic heterocycles. The molecular weight excluding hydrogens is 328 g/mol. The number of fused-ring (bicyclic) bond motifs is 1. The van der Waals surface area contributed by atoms with Crippen LogP contribution in [0.15, 0.2) is 53.4 Å². The van der Waals surface area contributed by atoms with E-state index in [1.54, 1.807) is 12.1 Å². The number of hydrogen-bond acceptors (Lipinski definition) is 4. The maximum atomic E-state index is 12.4. The maximum Gasteiger partial charge on any atom is 0.240 e. The Morgan fingerprint density at radius 2 is 1.88 bits per heavy atom. The fourth-order valence-electron chi connectivity index (χ4n) is 2.60. The summed E-state index contributed by atoms with van der Waals surface area (Å²) in [6, 6.07) is 13.9. The Hall–Kier alpha value is -2.38. The molecule has 3 rings (SSSR count). The standard InChI is InChI=1S/C17H18N2O4S/c1-18-24(21,22)13-8-6-12(7-9-13)10-19-17(20)15-11-23-16-5-3-2-4-14(15)16/h2-9,15,18H,10-11H2,1H3,(H,19,20). The van der Waals surface area contributed by atoms with Crippen LogP contribution in [-0.4, -0.2) is 28.0 Å². The van der Waals surface area contributed by atoms with Crippen LogP contribution in [0.3, 0.4) is 0 Å². The zero-order chi connectivity index (χ0) is 17.2. The van der Waals surface area contributed by atoms with Crippen molar-refractivity contribution in [1.29, 1.82) is 0 Å². The molecule has 1 aliphatic rings. The van der Waals surface area contributed by atoms with E-state index in [1.807, 2.05) is 24.3 Å². The number of carbonyl (C=O) groups excluding carboxylic acids is 1. The SMILES string of the molecule is CNS(=O)(=O)c1ccc(CNC(=O)C2COc3ccccc32)cc1. The number of sulfonamides is 1. The fraction of sp³-hybridized carbons (Fsp3) is 0.235. The van der Waals surface area contributed by atoms with E-state index in [2.05, 4.69) is 10.0 Å². The molecule has 0 aliphatic carbocycles. The maximum absolute atomic E-state index is 12.4. The summed E-state index contributed by atoms with van der Waals surface area (Å²) in [6.45, 7) is 0.669. The molecule has 0 fully saturated rings. The van der Waals surface area contributed by atoms with E-state index in [9.17, 15) is 13.2 Å². The predicted molar refractivity (Wildman–Crippen MR) is 89.2 cm³/mol. The van der Waals surface area contributed by atoms with Crippen LogP contribution in [0.4, 0.5) is 0 Å². The second-order valence-electron chi connectivity index (χ2n) is 5.47. The highest BCUT2D eigenvalue weighted by atomic mass is 32.2. The van der Waals surface area contributed by atoms with Gasteiger partial charge in [0, 0.05) is 12.1 Å². The van der Waals surface area contributed by atoms with E-state index in [0.29, 0.717) is 13.2 Å². The van der Waals surface area contributed by atoms with Crippen LogP contribution in [0.5, 0.6) is 5.75 Å². The summed E-state index contributed by atoms with van der Waals surface area (Å²) < 4.78 is 31.1. The minimum atomic E-state index is -3.45. The predicted octanol–water partition coefficient (Wildman–Crippen LogP) is 1.39. The zero-order valence-corrected chi connectivity index (χ0v) is 14.0. The second kappa shape index (κ2) is 6.62. The van der Waals surface area contributed by atoms with Crippen LogP contribution < -0.4 is 14.8 Å². The van der Waals surface area contributed by atoms with Crippen molar-refractivity contribution in [2.75, 3.05) is 13.7 Å². The molecule has 0 saturated heterocycles. The average molecular weight is 346 g/mol. The molecule has 0 aromatic heterocycles. The lowest BCUT2D eigenvalue weighted by Gasteiger charge is -2.11. The number of rotatable bonds is 5. The van der Waals surface area contributed by atoms with E-state index in [4.69, 9.17) is 4.74 Å². The molecule has 1 amide bonds. The monoisotopic (exact) mass is 346 g/mol. The van der Waals surface area contributed by atoms with E-state index >= 15 is 0 Å². The van der Waals surface area contributed by atoms with E-state index in [1.165, 1.54) is 19.2 Å². The molecule has 2 N–H and O–H groups in total. The van der Waals surface area contributed by atoms with E-state index in [0.717, 1.165) is 16.9 Å². The Labute approximate surface area is 140 Å². The van der Waals surface area contributed by atoms with Gasteiger partial charge in [-0.2, -0.15) is 0 Å². The number of amides is 1. The summed E-state index contributed by atoms with van der Waals surface area (Å²) in [4.78, 5) is 12.5. The molecule has 1 atom stereocenters. The third-order valence-corrected chi connectivity index (χ3v) is 5.42. The first-order valence-corrected chi connectivity index (χ1v) is 9.01. The van der Waals surface area contributed by atoms with Gasteiger partial charge in [0.2, 0.25) is 15.9 Å². The number of hydrogen-bond donors (Lipinski definition) is 2. The molecule has 0 saturated carbocycles. The Kier molecular flexibility index (Phi) is 4.55. The minimum absolute atomic E-state index is 0.105. The lowest BCUT2D eigenvalue weighted by atomic mass is 10.0. The lowest BCUT2D eigenvalue weighted by Crippen LogP contribution is -2.29. The first-order valence-electron chi connectivity index (χ1n) is 7.53. The average Bonchev–Trinajstić information content (AvgIpc) is 3.04. The van der Waals surface area contributed by atoms with Gasteiger partial charge in [-0.05, 0) is 30.8 Å². The molecule has 1 unspecified atom stereocenters. The summed E-state index contributed by atoms with van der Waals surface area (Å²) >= 11 is 0. The van der Waals surface area contributed by atoms with Gasteiger partial charge >= 0.3 is 0 Å². The van der Waals surface area contributed by atoms with Crippen LogP contribution in [0.25, 0.3) is 0 Å². The van der Waals surface area contributed by atoms with Crippen molar-refractivity contribution < 1.29 is 17.9 Å². The Morgan fingerprint density at radius 1 is 1.17 bits per heavy atom. The van der Waals surface area contributed by atoms with Crippen molar-refractivity contribution in [1.82, 2.24) is 10.0 Å². The third-order valence-electron chi connectivity index (χ3n) is 3.99. The number of ether oxygens (including phenoxy) is 1.